The van der Waals surface area contributed by atoms with Crippen LogP contribution in [0.4, 0.5) is 4.79 Å². The summed E-state index contributed by atoms with van der Waals surface area (Å²) >= 11 is 0. The first-order valence-electron chi connectivity index (χ1n) is 5.06. The van der Waals surface area contributed by atoms with Crippen LogP contribution >= 0.6 is 0 Å². The van der Waals surface area contributed by atoms with Crippen LogP contribution in [0.15, 0.2) is 0 Å². The molecule has 0 fully saturated rings. The van der Waals surface area contributed by atoms with Gasteiger partial charge in [0.05, 0.1) is 7.53 Å². The van der Waals surface area contributed by atoms with Crippen molar-refractivity contribution in [2.75, 3.05) is 6.54 Å². The minimum atomic E-state index is -0.971. The van der Waals surface area contributed by atoms with Crippen molar-refractivity contribution in [3.8, 4) is 0 Å². The van der Waals surface area contributed by atoms with Gasteiger partial charge in [0.25, 0.3) is 0 Å². The van der Waals surface area contributed by atoms with E-state index in [-0.39, 0.29) is 0 Å². The maximum absolute atomic E-state index is 10.3. The van der Waals surface area contributed by atoms with Crippen molar-refractivity contribution in [1.29, 1.82) is 0 Å². The molecule has 1 radical (unpaired) electrons. The summed E-state index contributed by atoms with van der Waals surface area (Å²) in [6.45, 7) is 4.09. The topological polar surface area (TPSA) is 63.2 Å². The Morgan fingerprint density at radius 1 is 1.54 bits per heavy atom. The van der Waals surface area contributed by atoms with E-state index in [0.717, 1.165) is 6.42 Å². The van der Waals surface area contributed by atoms with Crippen molar-refractivity contribution in [3.05, 3.63) is 0 Å². The molecule has 0 aliphatic heterocycles. The second kappa shape index (κ2) is 13.5. The van der Waals surface area contributed by atoms with E-state index in [9.17, 15) is 14.4 Å². The van der Waals surface area contributed by atoms with Gasteiger partial charge in [-0.2, -0.15) is 0 Å². The van der Waals surface area contributed by atoms with Gasteiger partial charge in [-0.05, 0) is 13.3 Å². The molecule has 0 aromatic carbocycles. The van der Waals surface area contributed by atoms with Crippen LogP contribution in [-0.4, -0.2) is 32.1 Å². The minimum absolute atomic E-state index is 0.403. The minimum Gasteiger partial charge on any atom is -0.365 e. The fourth-order valence-corrected chi connectivity index (χ4v) is 0.381. The molecule has 0 unspecified atom stereocenters. The molecule has 0 aliphatic carbocycles. The number of aldehydes is 1. The van der Waals surface area contributed by atoms with Crippen molar-refractivity contribution in [2.24, 2.45) is 0 Å². The lowest BCUT2D eigenvalue weighted by Gasteiger charge is -1.92. The Balaban J connectivity index is 0. The normalized spacial score (nSPS) is 9.69. The lowest BCUT2D eigenvalue weighted by atomic mass is 9.80. The molecule has 0 spiro atoms. The van der Waals surface area contributed by atoms with Gasteiger partial charge in [-0.1, -0.05) is 6.92 Å². The van der Waals surface area contributed by atoms with Crippen molar-refractivity contribution < 1.29 is 17.1 Å². The second-order valence-corrected chi connectivity index (χ2v) is 2.05. The summed E-state index contributed by atoms with van der Waals surface area (Å²) in [5.41, 5.74) is 0. The fraction of sp³-hybridized carbons (Fsp3) is 0.625. The molecule has 0 atom stereocenters. The van der Waals surface area contributed by atoms with Crippen LogP contribution in [0.2, 0.25) is 0 Å². The van der Waals surface area contributed by atoms with E-state index in [0.29, 0.717) is 20.2 Å². The van der Waals surface area contributed by atoms with Gasteiger partial charge in [0.2, 0.25) is 0 Å². The molecule has 13 heavy (non-hydrogen) atoms. The molecule has 0 saturated heterocycles. The largest absolute Gasteiger partial charge is 0.365 e. The van der Waals surface area contributed by atoms with E-state index in [1.807, 2.05) is 6.92 Å². The molecule has 1 N–H and O–H groups in total. The number of carbonyl (C=O) groups excluding carboxylic acids is 3. The van der Waals surface area contributed by atoms with Gasteiger partial charge in [0.1, 0.15) is 7.63 Å². The highest BCUT2D eigenvalue weighted by atomic mass is 16.1. The Morgan fingerprint density at radius 2 is 2.15 bits per heavy atom. The number of rotatable bonds is 5. The molecule has 0 aromatic heterocycles. The zero-order valence-electron chi connectivity index (χ0n) is 9.92. The van der Waals surface area contributed by atoms with Crippen LogP contribution in [0.1, 0.15) is 29.4 Å². The quantitative estimate of drug-likeness (QED) is 0.504. The van der Waals surface area contributed by atoms with E-state index in [4.69, 9.17) is 2.74 Å². The summed E-state index contributed by atoms with van der Waals surface area (Å²) < 4.78 is 12.7. The van der Waals surface area contributed by atoms with Crippen LogP contribution in [0.25, 0.3) is 0 Å². The molecular formula is C8H15BNO3. The summed E-state index contributed by atoms with van der Waals surface area (Å²) in [4.78, 5) is 29.9. The summed E-state index contributed by atoms with van der Waals surface area (Å²) in [7, 11) is 0.698. The molecule has 73 valence electrons. The van der Waals surface area contributed by atoms with E-state index < -0.39 is 18.2 Å². The summed E-state index contributed by atoms with van der Waals surface area (Å²) in [5, 5.41) is 2.34. The van der Waals surface area contributed by atoms with Gasteiger partial charge >= 0.3 is 7.28 Å². The van der Waals surface area contributed by atoms with Gasteiger partial charge in [0, 0.05) is 13.0 Å². The Morgan fingerprint density at radius 3 is 2.38 bits per heavy atom. The first kappa shape index (κ1) is 9.96. The van der Waals surface area contributed by atoms with E-state index >= 15 is 0 Å². The van der Waals surface area contributed by atoms with Crippen molar-refractivity contribution in [2.45, 2.75) is 26.7 Å². The molecule has 0 saturated carbocycles. The fourth-order valence-electron chi connectivity index (χ4n) is 0.381. The first-order valence-corrected chi connectivity index (χ1v) is 4.06. The molecule has 1 amide bonds. The van der Waals surface area contributed by atoms with Gasteiger partial charge in [-0.3, -0.25) is 4.79 Å². The number of carbonyl (C=O) groups is 3. The third kappa shape index (κ3) is 18.1. The first-order chi connectivity index (χ1) is 6.93. The molecule has 4 nitrogen and oxygen atoms in total. The summed E-state index contributed by atoms with van der Waals surface area (Å²) in [5.74, 6) is -0.502. The van der Waals surface area contributed by atoms with Crippen molar-refractivity contribution >= 4 is 25.5 Å². The zero-order valence-corrected chi connectivity index (χ0v) is 7.92. The molecule has 0 aliphatic rings. The zero-order chi connectivity index (χ0) is 12.3. The highest BCUT2D eigenvalue weighted by molar-refractivity contribution is 6.92. The average molecular weight is 186 g/mol. The predicted octanol–water partition coefficient (Wildman–Crippen LogP) is 0.596. The molecule has 0 bridgehead atoms. The molecular weight excluding hydrogens is 169 g/mol. The van der Waals surface area contributed by atoms with Gasteiger partial charge < -0.3 is 14.9 Å². The third-order valence-corrected chi connectivity index (χ3v) is 0.893. The van der Waals surface area contributed by atoms with Gasteiger partial charge in [-0.25, -0.2) is 0 Å². The molecule has 0 heterocycles. The predicted molar refractivity (Wildman–Crippen MR) is 52.5 cm³/mol. The number of amides is 1. The molecule has 0 rings (SSSR count). The smallest absolute Gasteiger partial charge is 0.315 e. The third-order valence-electron chi connectivity index (χ3n) is 0.893. The van der Waals surface area contributed by atoms with E-state index in [1.165, 1.54) is 0 Å². The summed E-state index contributed by atoms with van der Waals surface area (Å²) in [6.07, 6.45) is -0.235. The highest BCUT2D eigenvalue weighted by Crippen LogP contribution is 1.74. The van der Waals surface area contributed by atoms with Crippen molar-refractivity contribution in [3.63, 3.8) is 0 Å². The number of hydrogen-bond donors (Lipinski definition) is 1. The lowest BCUT2D eigenvalue weighted by Crippen LogP contribution is -2.27. The van der Waals surface area contributed by atoms with Crippen LogP contribution in [0.3, 0.4) is 0 Å². The molecule has 5 heteroatoms. The summed E-state index contributed by atoms with van der Waals surface area (Å²) in [6, 6.07) is 0. The van der Waals surface area contributed by atoms with Crippen molar-refractivity contribution in [1.82, 2.24) is 5.32 Å². The van der Waals surface area contributed by atoms with Crippen LogP contribution in [-0.2, 0) is 9.59 Å². The number of nitrogens with one attached hydrogen (secondary N) is 1. The Hall–Kier alpha value is -1.13. The van der Waals surface area contributed by atoms with Crippen LogP contribution in [0.5, 0.6) is 0 Å². The maximum Gasteiger partial charge on any atom is 0.315 e. The SMILES string of the molecule is [2H]C(=O)CCC.[2H]C(=O)[B]C(=O)NCC. The van der Waals surface area contributed by atoms with E-state index in [2.05, 4.69) is 5.32 Å². The number of hydrogen-bond acceptors (Lipinski definition) is 3. The Labute approximate surface area is 82.1 Å². The Kier molecular flexibility index (Phi) is 10.3. The highest BCUT2D eigenvalue weighted by Gasteiger charge is 1.97. The monoisotopic (exact) mass is 186 g/mol. The maximum atomic E-state index is 10.3. The second-order valence-electron chi connectivity index (χ2n) is 2.05. The molecule has 0 aromatic rings. The van der Waals surface area contributed by atoms with Gasteiger partial charge in [0.15, 0.2) is 5.81 Å². The van der Waals surface area contributed by atoms with Crippen LogP contribution in [0, 0.1) is 0 Å². The van der Waals surface area contributed by atoms with Gasteiger partial charge in [-0.15, -0.1) is 0 Å². The van der Waals surface area contributed by atoms with Crippen LogP contribution < -0.4 is 5.32 Å². The Bertz CT molecular complexity index is 224. The average Bonchev–Trinajstić information content (AvgIpc) is 2.03. The lowest BCUT2D eigenvalue weighted by molar-refractivity contribution is -0.107. The standard InChI is InChI=1S/C4H7BNO2.C4H8O/c1-2-6-4(8)5-3-7;1-2-3-4-5/h3H,2H2,1H3,(H,6,8);4H,2-3H2,1H3/i3D;4D. The van der Waals surface area contributed by atoms with E-state index in [1.54, 1.807) is 6.92 Å².